The molecule has 0 N–H and O–H groups in total. The maximum Gasteiger partial charge on any atom is 0.487 e. The fourth-order valence-corrected chi connectivity index (χ4v) is 1.84. The summed E-state index contributed by atoms with van der Waals surface area (Å²) in [7, 11) is 0.927. The number of aromatic nitrogens is 1. The summed E-state index contributed by atoms with van der Waals surface area (Å²) < 4.78 is 29.9. The van der Waals surface area contributed by atoms with Gasteiger partial charge in [0.25, 0.3) is 0 Å². The van der Waals surface area contributed by atoms with Crippen molar-refractivity contribution in [2.75, 3.05) is 7.11 Å². The van der Waals surface area contributed by atoms with E-state index in [9.17, 15) is 4.39 Å². The van der Waals surface area contributed by atoms with Crippen LogP contribution in [0.3, 0.4) is 0 Å². The molecule has 0 bridgehead atoms. The Kier molecular flexibility index (Phi) is 3.89. The minimum absolute atomic E-state index is 0.0159. The van der Waals surface area contributed by atoms with Gasteiger partial charge in [-0.2, -0.15) is 0 Å². The SMILES string of the molecule is COc1ncc(/C=C/B2OC(C)(C)C(C)(C)O2)cc1F. The molecule has 0 saturated carbocycles. The number of nitrogens with zero attached hydrogens (tertiary/aromatic N) is 1. The molecule has 0 unspecified atom stereocenters. The molecular weight excluding hydrogens is 260 g/mol. The van der Waals surface area contributed by atoms with Crippen molar-refractivity contribution in [1.82, 2.24) is 4.98 Å². The lowest BCUT2D eigenvalue weighted by molar-refractivity contribution is 0.00578. The smallest absolute Gasteiger partial charge is 0.479 e. The quantitative estimate of drug-likeness (QED) is 0.798. The normalized spacial score (nSPS) is 20.6. The molecule has 0 radical (unpaired) electrons. The van der Waals surface area contributed by atoms with E-state index in [-0.39, 0.29) is 17.1 Å². The predicted octanol–water partition coefficient (Wildman–Crippen LogP) is 2.87. The number of pyridine rings is 1. The van der Waals surface area contributed by atoms with Gasteiger partial charge in [-0.15, -0.1) is 0 Å². The molecule has 20 heavy (non-hydrogen) atoms. The Labute approximate surface area is 119 Å². The Balaban J connectivity index is 2.10. The van der Waals surface area contributed by atoms with E-state index in [0.717, 1.165) is 0 Å². The Morgan fingerprint density at radius 1 is 1.25 bits per heavy atom. The molecule has 1 aliphatic heterocycles. The second-order valence-corrected chi connectivity index (χ2v) is 5.74. The molecule has 4 nitrogen and oxygen atoms in total. The van der Waals surface area contributed by atoms with Gasteiger partial charge in [0.15, 0.2) is 5.82 Å². The van der Waals surface area contributed by atoms with Gasteiger partial charge in [0, 0.05) is 6.20 Å². The van der Waals surface area contributed by atoms with E-state index in [1.807, 2.05) is 27.7 Å². The van der Waals surface area contributed by atoms with Gasteiger partial charge < -0.3 is 14.0 Å². The number of ether oxygens (including phenoxy) is 1. The van der Waals surface area contributed by atoms with Crippen molar-refractivity contribution in [2.45, 2.75) is 38.9 Å². The van der Waals surface area contributed by atoms with Crippen LogP contribution in [0.25, 0.3) is 6.08 Å². The van der Waals surface area contributed by atoms with Crippen molar-refractivity contribution >= 4 is 13.2 Å². The Hall–Kier alpha value is -1.40. The molecule has 108 valence electrons. The fraction of sp³-hybridized carbons (Fsp3) is 0.500. The predicted molar refractivity (Wildman–Crippen MR) is 75.9 cm³/mol. The van der Waals surface area contributed by atoms with Crippen molar-refractivity contribution in [3.63, 3.8) is 0 Å². The summed E-state index contributed by atoms with van der Waals surface area (Å²) in [5.74, 6) is 1.24. The first-order valence-electron chi connectivity index (χ1n) is 6.48. The van der Waals surface area contributed by atoms with Crippen LogP contribution in [-0.4, -0.2) is 30.4 Å². The van der Waals surface area contributed by atoms with Gasteiger partial charge in [-0.1, -0.05) is 12.1 Å². The summed E-state index contributed by atoms with van der Waals surface area (Å²) in [6.07, 6.45) is 3.25. The molecule has 1 aromatic heterocycles. The molecule has 0 spiro atoms. The molecule has 2 heterocycles. The molecule has 2 rings (SSSR count). The summed E-state index contributed by atoms with van der Waals surface area (Å²) in [5, 5.41) is 0. The number of rotatable bonds is 3. The summed E-state index contributed by atoms with van der Waals surface area (Å²) in [5.41, 5.74) is -0.144. The standard InChI is InChI=1S/C14H19BFNO3/c1-13(2)14(3,4)20-15(19-13)7-6-10-8-11(16)12(18-5)17-9-10/h6-9H,1-5H3/b7-6+. The lowest BCUT2D eigenvalue weighted by Gasteiger charge is -2.32. The van der Waals surface area contributed by atoms with Gasteiger partial charge in [0.2, 0.25) is 5.88 Å². The third-order valence-corrected chi connectivity index (χ3v) is 3.74. The number of methoxy groups -OCH3 is 1. The summed E-state index contributed by atoms with van der Waals surface area (Å²) in [6.45, 7) is 7.93. The first-order chi connectivity index (χ1) is 9.25. The molecule has 1 saturated heterocycles. The molecule has 1 aromatic rings. The van der Waals surface area contributed by atoms with Crippen LogP contribution in [0.5, 0.6) is 5.88 Å². The van der Waals surface area contributed by atoms with Crippen LogP contribution in [0.1, 0.15) is 33.3 Å². The van der Waals surface area contributed by atoms with Crippen LogP contribution < -0.4 is 4.74 Å². The lowest BCUT2D eigenvalue weighted by atomic mass is 9.89. The van der Waals surface area contributed by atoms with Crippen LogP contribution in [0.2, 0.25) is 0 Å². The number of halogens is 1. The molecular formula is C14H19BFNO3. The summed E-state index contributed by atoms with van der Waals surface area (Å²) in [6, 6.07) is 1.35. The minimum Gasteiger partial charge on any atom is -0.479 e. The second kappa shape index (κ2) is 5.18. The highest BCUT2D eigenvalue weighted by Crippen LogP contribution is 2.37. The van der Waals surface area contributed by atoms with E-state index in [1.54, 1.807) is 12.1 Å². The zero-order valence-electron chi connectivity index (χ0n) is 12.4. The number of hydrogen-bond acceptors (Lipinski definition) is 4. The molecule has 6 heteroatoms. The highest BCUT2D eigenvalue weighted by atomic mass is 19.1. The van der Waals surface area contributed by atoms with E-state index < -0.39 is 12.9 Å². The van der Waals surface area contributed by atoms with Gasteiger partial charge >= 0.3 is 7.12 Å². The Bertz CT molecular complexity index is 515. The molecule has 0 amide bonds. The molecule has 1 aliphatic rings. The van der Waals surface area contributed by atoms with E-state index >= 15 is 0 Å². The van der Waals surface area contributed by atoms with Crippen LogP contribution in [0.4, 0.5) is 4.39 Å². The molecule has 0 atom stereocenters. The third kappa shape index (κ3) is 2.86. The molecule has 1 fully saturated rings. The van der Waals surface area contributed by atoms with Crippen LogP contribution in [0, 0.1) is 5.82 Å². The van der Waals surface area contributed by atoms with Crippen molar-refractivity contribution in [3.05, 3.63) is 29.6 Å². The van der Waals surface area contributed by atoms with E-state index in [2.05, 4.69) is 4.98 Å². The van der Waals surface area contributed by atoms with Crippen LogP contribution in [0.15, 0.2) is 18.2 Å². The largest absolute Gasteiger partial charge is 0.487 e. The van der Waals surface area contributed by atoms with Gasteiger partial charge in [-0.3, -0.25) is 0 Å². The van der Waals surface area contributed by atoms with Gasteiger partial charge in [0.05, 0.1) is 18.3 Å². The van der Waals surface area contributed by atoms with Crippen molar-refractivity contribution in [3.8, 4) is 5.88 Å². The monoisotopic (exact) mass is 279 g/mol. The molecule has 0 aromatic carbocycles. The first kappa shape index (κ1) is 15.0. The fourth-order valence-electron chi connectivity index (χ4n) is 1.84. The van der Waals surface area contributed by atoms with E-state index in [1.165, 1.54) is 19.4 Å². The summed E-state index contributed by atoms with van der Waals surface area (Å²) in [4.78, 5) is 3.87. The van der Waals surface area contributed by atoms with Gasteiger partial charge in [-0.05, 0) is 39.3 Å². The topological polar surface area (TPSA) is 40.6 Å². The number of hydrogen-bond donors (Lipinski definition) is 0. The zero-order valence-corrected chi connectivity index (χ0v) is 12.4. The maximum absolute atomic E-state index is 13.5. The average Bonchev–Trinajstić information content (AvgIpc) is 2.55. The highest BCUT2D eigenvalue weighted by Gasteiger charge is 2.49. The Morgan fingerprint density at radius 2 is 1.85 bits per heavy atom. The summed E-state index contributed by atoms with van der Waals surface area (Å²) >= 11 is 0. The maximum atomic E-state index is 13.5. The Morgan fingerprint density at radius 3 is 2.35 bits per heavy atom. The lowest BCUT2D eigenvalue weighted by Crippen LogP contribution is -2.41. The van der Waals surface area contributed by atoms with Crippen LogP contribution in [-0.2, 0) is 9.31 Å². The third-order valence-electron chi connectivity index (χ3n) is 3.74. The van der Waals surface area contributed by atoms with E-state index in [0.29, 0.717) is 5.56 Å². The van der Waals surface area contributed by atoms with Gasteiger partial charge in [0.1, 0.15) is 0 Å². The van der Waals surface area contributed by atoms with Crippen molar-refractivity contribution < 1.29 is 18.4 Å². The van der Waals surface area contributed by atoms with E-state index in [4.69, 9.17) is 14.0 Å². The van der Waals surface area contributed by atoms with Crippen LogP contribution >= 0.6 is 0 Å². The average molecular weight is 279 g/mol. The second-order valence-electron chi connectivity index (χ2n) is 5.74. The zero-order chi connectivity index (χ0) is 15.0. The first-order valence-corrected chi connectivity index (χ1v) is 6.48. The highest BCUT2D eigenvalue weighted by molar-refractivity contribution is 6.52. The van der Waals surface area contributed by atoms with Crippen molar-refractivity contribution in [1.29, 1.82) is 0 Å². The van der Waals surface area contributed by atoms with Crippen molar-refractivity contribution in [2.24, 2.45) is 0 Å². The minimum atomic E-state index is -0.497. The van der Waals surface area contributed by atoms with Gasteiger partial charge in [-0.25, -0.2) is 9.37 Å². The molecule has 0 aliphatic carbocycles.